The molecule has 3 heterocycles. The molecule has 0 N–H and O–H groups in total. The number of carbonyl (C=O) groups is 1. The zero-order valence-corrected chi connectivity index (χ0v) is 19.2. The van der Waals surface area contributed by atoms with Gasteiger partial charge in [-0.05, 0) is 29.6 Å². The van der Waals surface area contributed by atoms with E-state index in [0.29, 0.717) is 46.7 Å². The molecule has 0 saturated heterocycles. The molecule has 0 radical (unpaired) electrons. The first-order valence-electron chi connectivity index (χ1n) is 10.3. The van der Waals surface area contributed by atoms with E-state index >= 15 is 0 Å². The molecular formula is C23H21N3O4S2. The standard InChI is InChI=1S/C23H21N3O4S2/c1-3-25(4-2)32(28,29)20-11-10-18-21-16(20)7-5-8-17(21)23(27)26(18)13-15-14-30-22(24-15)19-9-6-12-31-19/h5-12,14H,3-4,13H2,1-2H3. The van der Waals surface area contributed by atoms with Crippen LogP contribution in [0.1, 0.15) is 29.9 Å². The number of carbonyl (C=O) groups excluding carboxylic acids is 1. The first kappa shape index (κ1) is 20.9. The van der Waals surface area contributed by atoms with E-state index < -0.39 is 10.0 Å². The minimum absolute atomic E-state index is 0.177. The number of hydrogen-bond donors (Lipinski definition) is 0. The zero-order chi connectivity index (χ0) is 22.5. The molecule has 0 aliphatic carbocycles. The molecular weight excluding hydrogens is 446 g/mol. The number of amides is 1. The van der Waals surface area contributed by atoms with Crippen LogP contribution in [0.5, 0.6) is 0 Å². The average Bonchev–Trinajstić information content (AvgIpc) is 3.52. The summed E-state index contributed by atoms with van der Waals surface area (Å²) in [6.07, 6.45) is 1.56. The third-order valence-electron chi connectivity index (χ3n) is 5.67. The zero-order valence-electron chi connectivity index (χ0n) is 17.6. The van der Waals surface area contributed by atoms with E-state index in [0.717, 1.165) is 4.88 Å². The van der Waals surface area contributed by atoms with Gasteiger partial charge in [-0.15, -0.1) is 11.3 Å². The molecule has 2 aromatic heterocycles. The summed E-state index contributed by atoms with van der Waals surface area (Å²) < 4.78 is 33.5. The van der Waals surface area contributed by atoms with Crippen LogP contribution in [-0.2, 0) is 16.6 Å². The quantitative estimate of drug-likeness (QED) is 0.392. The summed E-state index contributed by atoms with van der Waals surface area (Å²) >= 11 is 1.53. The largest absolute Gasteiger partial charge is 0.443 e. The molecule has 32 heavy (non-hydrogen) atoms. The van der Waals surface area contributed by atoms with E-state index in [1.54, 1.807) is 41.5 Å². The first-order valence-corrected chi connectivity index (χ1v) is 12.6. The van der Waals surface area contributed by atoms with Gasteiger partial charge in [0.25, 0.3) is 5.91 Å². The fraction of sp³-hybridized carbons (Fsp3) is 0.217. The fourth-order valence-corrected chi connectivity index (χ4v) is 6.46. The second-order valence-corrected chi connectivity index (χ2v) is 10.3. The van der Waals surface area contributed by atoms with Gasteiger partial charge in [0.05, 0.1) is 27.7 Å². The fourth-order valence-electron chi connectivity index (χ4n) is 4.16. The second kappa shape index (κ2) is 7.84. The minimum atomic E-state index is -3.67. The van der Waals surface area contributed by atoms with Crippen molar-refractivity contribution in [2.45, 2.75) is 25.3 Å². The summed E-state index contributed by atoms with van der Waals surface area (Å²) in [6, 6.07) is 12.4. The Bertz CT molecular complexity index is 1420. The molecule has 5 rings (SSSR count). The van der Waals surface area contributed by atoms with Gasteiger partial charge in [0.15, 0.2) is 0 Å². The van der Waals surface area contributed by atoms with Crippen molar-refractivity contribution in [2.24, 2.45) is 0 Å². The highest BCUT2D eigenvalue weighted by Gasteiger charge is 2.34. The van der Waals surface area contributed by atoms with Crippen LogP contribution in [-0.4, -0.2) is 36.7 Å². The van der Waals surface area contributed by atoms with Crippen LogP contribution >= 0.6 is 11.3 Å². The van der Waals surface area contributed by atoms with E-state index in [-0.39, 0.29) is 17.3 Å². The van der Waals surface area contributed by atoms with Gasteiger partial charge >= 0.3 is 0 Å². The van der Waals surface area contributed by atoms with Crippen LogP contribution in [0.3, 0.4) is 0 Å². The molecule has 7 nitrogen and oxygen atoms in total. The Labute approximate surface area is 190 Å². The number of thiophene rings is 1. The molecule has 1 aliphatic heterocycles. The third kappa shape index (κ3) is 3.16. The van der Waals surface area contributed by atoms with E-state index in [1.807, 2.05) is 31.4 Å². The molecule has 0 atom stereocenters. The van der Waals surface area contributed by atoms with Gasteiger partial charge in [0.2, 0.25) is 15.9 Å². The molecule has 0 unspecified atom stereocenters. The maximum atomic E-state index is 13.2. The van der Waals surface area contributed by atoms with Crippen molar-refractivity contribution in [3.8, 4) is 10.8 Å². The number of benzene rings is 2. The smallest absolute Gasteiger partial charge is 0.259 e. The molecule has 0 saturated carbocycles. The van der Waals surface area contributed by atoms with Gasteiger partial charge in [0, 0.05) is 29.4 Å². The van der Waals surface area contributed by atoms with Crippen LogP contribution < -0.4 is 4.90 Å². The van der Waals surface area contributed by atoms with Gasteiger partial charge in [-0.1, -0.05) is 32.0 Å². The van der Waals surface area contributed by atoms with E-state index in [1.165, 1.54) is 15.6 Å². The lowest BCUT2D eigenvalue weighted by molar-refractivity contribution is 0.0991. The van der Waals surface area contributed by atoms with Crippen molar-refractivity contribution in [3.05, 3.63) is 65.4 Å². The number of hydrogen-bond acceptors (Lipinski definition) is 6. The number of sulfonamides is 1. The lowest BCUT2D eigenvalue weighted by atomic mass is 10.1. The third-order valence-corrected chi connectivity index (χ3v) is 8.64. The minimum Gasteiger partial charge on any atom is -0.443 e. The van der Waals surface area contributed by atoms with Gasteiger partial charge in [-0.2, -0.15) is 4.31 Å². The van der Waals surface area contributed by atoms with E-state index in [4.69, 9.17) is 4.42 Å². The topological polar surface area (TPSA) is 83.7 Å². The van der Waals surface area contributed by atoms with Crippen molar-refractivity contribution < 1.29 is 17.6 Å². The lowest BCUT2D eigenvalue weighted by Gasteiger charge is -2.20. The summed E-state index contributed by atoms with van der Waals surface area (Å²) in [5.74, 6) is 0.341. The van der Waals surface area contributed by atoms with Crippen molar-refractivity contribution in [1.82, 2.24) is 9.29 Å². The Morgan fingerprint density at radius 3 is 2.62 bits per heavy atom. The molecule has 164 valence electrons. The molecule has 9 heteroatoms. The average molecular weight is 468 g/mol. The van der Waals surface area contributed by atoms with Crippen LogP contribution in [0.4, 0.5) is 5.69 Å². The molecule has 0 bridgehead atoms. The summed E-state index contributed by atoms with van der Waals surface area (Å²) in [6.45, 7) is 4.63. The van der Waals surface area contributed by atoms with Crippen LogP contribution in [0.25, 0.3) is 21.5 Å². The SMILES string of the molecule is CCN(CC)S(=O)(=O)c1ccc2c3c(cccc13)C(=O)N2Cc1coc(-c2cccs2)n1. The summed E-state index contributed by atoms with van der Waals surface area (Å²) in [4.78, 5) is 20.5. The molecule has 0 spiro atoms. The van der Waals surface area contributed by atoms with Gasteiger partial charge < -0.3 is 9.32 Å². The number of oxazole rings is 1. The summed E-state index contributed by atoms with van der Waals surface area (Å²) in [5.41, 5.74) is 1.80. The number of rotatable bonds is 7. The number of anilines is 1. The van der Waals surface area contributed by atoms with Crippen LogP contribution in [0, 0.1) is 0 Å². The molecule has 4 aromatic rings. The maximum absolute atomic E-state index is 13.2. The molecule has 0 fully saturated rings. The molecule has 1 amide bonds. The second-order valence-electron chi connectivity index (χ2n) is 7.41. The predicted octanol–water partition coefficient (Wildman–Crippen LogP) is 4.75. The van der Waals surface area contributed by atoms with Crippen LogP contribution in [0.15, 0.2) is 63.4 Å². The Morgan fingerprint density at radius 1 is 1.09 bits per heavy atom. The Balaban J connectivity index is 1.57. The Morgan fingerprint density at radius 2 is 1.91 bits per heavy atom. The van der Waals surface area contributed by atoms with Gasteiger partial charge in [0.1, 0.15) is 6.26 Å². The normalized spacial score (nSPS) is 13.6. The van der Waals surface area contributed by atoms with Crippen molar-refractivity contribution in [3.63, 3.8) is 0 Å². The van der Waals surface area contributed by atoms with Gasteiger partial charge in [-0.25, -0.2) is 13.4 Å². The Kier molecular flexibility index (Phi) is 5.11. The highest BCUT2D eigenvalue weighted by Crippen LogP contribution is 2.41. The van der Waals surface area contributed by atoms with E-state index in [9.17, 15) is 13.2 Å². The number of nitrogens with zero attached hydrogens (tertiary/aromatic N) is 3. The van der Waals surface area contributed by atoms with Crippen molar-refractivity contribution in [2.75, 3.05) is 18.0 Å². The monoisotopic (exact) mass is 467 g/mol. The highest BCUT2D eigenvalue weighted by atomic mass is 32.2. The summed E-state index contributed by atoms with van der Waals surface area (Å²) in [5, 5.41) is 3.17. The maximum Gasteiger partial charge on any atom is 0.259 e. The molecule has 1 aliphatic rings. The lowest BCUT2D eigenvalue weighted by Crippen LogP contribution is -2.30. The highest BCUT2D eigenvalue weighted by molar-refractivity contribution is 7.89. The van der Waals surface area contributed by atoms with Crippen molar-refractivity contribution >= 4 is 43.7 Å². The van der Waals surface area contributed by atoms with Crippen LogP contribution in [0.2, 0.25) is 0 Å². The van der Waals surface area contributed by atoms with Crippen molar-refractivity contribution in [1.29, 1.82) is 0 Å². The summed E-state index contributed by atoms with van der Waals surface area (Å²) in [7, 11) is -3.67. The predicted molar refractivity (Wildman–Crippen MR) is 124 cm³/mol. The molecule has 2 aromatic carbocycles. The Hall–Kier alpha value is -3.01. The van der Waals surface area contributed by atoms with Gasteiger partial charge in [-0.3, -0.25) is 4.79 Å². The first-order chi connectivity index (χ1) is 15.5. The van der Waals surface area contributed by atoms with E-state index in [2.05, 4.69) is 4.98 Å². The number of aromatic nitrogens is 1.